The first kappa shape index (κ1) is 12.7. The number of nitriles is 1. The normalized spacial score (nSPS) is 10.0. The third-order valence-electron chi connectivity index (χ3n) is 1.88. The number of benzene rings is 1. The first-order chi connectivity index (χ1) is 8.69. The number of rotatable bonds is 3. The molecular formula is C11H7N3O2S2. The Labute approximate surface area is 112 Å². The van der Waals surface area contributed by atoms with Gasteiger partial charge in [0, 0.05) is 29.1 Å². The van der Waals surface area contributed by atoms with E-state index >= 15 is 0 Å². The second kappa shape index (κ2) is 5.71. The Kier molecular flexibility index (Phi) is 4.02. The highest BCUT2D eigenvalue weighted by Crippen LogP contribution is 2.26. The summed E-state index contributed by atoms with van der Waals surface area (Å²) in [4.78, 5) is 11.7. The molecule has 1 aromatic carbocycles. The summed E-state index contributed by atoms with van der Waals surface area (Å²) in [6, 6.07) is 7.21. The predicted octanol–water partition coefficient (Wildman–Crippen LogP) is 2.95. The van der Waals surface area contributed by atoms with Gasteiger partial charge in [-0.3, -0.25) is 4.79 Å². The van der Waals surface area contributed by atoms with E-state index < -0.39 is 0 Å². The van der Waals surface area contributed by atoms with Crippen molar-refractivity contribution >= 4 is 28.6 Å². The summed E-state index contributed by atoms with van der Waals surface area (Å²) in [6.07, 6.45) is 0. The summed E-state index contributed by atoms with van der Waals surface area (Å²) in [7, 11) is 0. The maximum atomic E-state index is 10.9. The summed E-state index contributed by atoms with van der Waals surface area (Å²) in [5, 5.41) is 18.3. The van der Waals surface area contributed by atoms with Crippen molar-refractivity contribution in [1.82, 2.24) is 10.2 Å². The minimum absolute atomic E-state index is 0.112. The first-order valence-corrected chi connectivity index (χ1v) is 6.50. The van der Waals surface area contributed by atoms with Gasteiger partial charge in [0.1, 0.15) is 5.40 Å². The average molecular weight is 277 g/mol. The molecule has 0 atom stereocenters. The van der Waals surface area contributed by atoms with Crippen LogP contribution in [0.1, 0.15) is 6.92 Å². The Morgan fingerprint density at radius 3 is 3.00 bits per heavy atom. The lowest BCUT2D eigenvalue weighted by Crippen LogP contribution is -1.80. The number of carbonyl (C=O) groups excluding carboxylic acids is 1. The van der Waals surface area contributed by atoms with Gasteiger partial charge in [0.25, 0.3) is 5.22 Å². The van der Waals surface area contributed by atoms with E-state index in [2.05, 4.69) is 10.2 Å². The monoisotopic (exact) mass is 277 g/mol. The summed E-state index contributed by atoms with van der Waals surface area (Å²) in [5.74, 6) is 0.333. The van der Waals surface area contributed by atoms with Gasteiger partial charge in [0.05, 0.1) is 0 Å². The van der Waals surface area contributed by atoms with Gasteiger partial charge in [-0.15, -0.1) is 10.2 Å². The van der Waals surface area contributed by atoms with Crippen molar-refractivity contribution in [2.45, 2.75) is 17.0 Å². The van der Waals surface area contributed by atoms with E-state index in [1.807, 2.05) is 11.5 Å². The number of hydrogen-bond donors (Lipinski definition) is 0. The number of thiocyanates is 1. The summed E-state index contributed by atoms with van der Waals surface area (Å²) in [6.45, 7) is 1.43. The number of aromatic nitrogens is 2. The van der Waals surface area contributed by atoms with Gasteiger partial charge in [-0.1, -0.05) is 6.07 Å². The molecule has 0 aliphatic carbocycles. The Morgan fingerprint density at radius 1 is 1.44 bits per heavy atom. The van der Waals surface area contributed by atoms with Crippen molar-refractivity contribution in [2.75, 3.05) is 0 Å². The highest BCUT2D eigenvalue weighted by atomic mass is 32.2. The predicted molar refractivity (Wildman–Crippen MR) is 67.7 cm³/mol. The lowest BCUT2D eigenvalue weighted by atomic mass is 10.2. The van der Waals surface area contributed by atoms with Crippen LogP contribution in [-0.2, 0) is 4.79 Å². The Balaban J connectivity index is 2.26. The lowest BCUT2D eigenvalue weighted by molar-refractivity contribution is -0.109. The number of carbonyl (C=O) groups is 1. The molecule has 0 aliphatic rings. The molecule has 1 aromatic heterocycles. The maximum absolute atomic E-state index is 10.9. The van der Waals surface area contributed by atoms with Crippen LogP contribution in [0.25, 0.3) is 11.5 Å². The van der Waals surface area contributed by atoms with E-state index in [0.29, 0.717) is 5.89 Å². The lowest BCUT2D eigenvalue weighted by Gasteiger charge is -1.96. The molecule has 0 saturated heterocycles. The molecule has 0 spiro atoms. The third kappa shape index (κ3) is 3.12. The molecule has 7 heteroatoms. The first-order valence-electron chi connectivity index (χ1n) is 4.87. The number of thioether (sulfide) groups is 2. The van der Waals surface area contributed by atoms with E-state index in [1.165, 1.54) is 6.92 Å². The molecule has 0 N–H and O–H groups in total. The molecule has 90 valence electrons. The highest BCUT2D eigenvalue weighted by molar-refractivity contribution is 8.13. The van der Waals surface area contributed by atoms with E-state index in [9.17, 15) is 4.79 Å². The molecule has 0 unspecified atom stereocenters. The fourth-order valence-electron chi connectivity index (χ4n) is 1.24. The molecule has 0 radical (unpaired) electrons. The summed E-state index contributed by atoms with van der Waals surface area (Å²) >= 11 is 1.95. The van der Waals surface area contributed by atoms with Gasteiger partial charge in [0.2, 0.25) is 5.89 Å². The minimum Gasteiger partial charge on any atom is -0.411 e. The van der Waals surface area contributed by atoms with Crippen LogP contribution in [-0.4, -0.2) is 15.3 Å². The van der Waals surface area contributed by atoms with Crippen LogP contribution >= 0.6 is 23.5 Å². The zero-order chi connectivity index (χ0) is 13.0. The van der Waals surface area contributed by atoms with Crippen LogP contribution in [0.3, 0.4) is 0 Å². The Hall–Kier alpha value is -1.78. The van der Waals surface area contributed by atoms with Gasteiger partial charge < -0.3 is 4.42 Å². The molecule has 0 bridgehead atoms. The van der Waals surface area contributed by atoms with Crippen molar-refractivity contribution in [3.8, 4) is 16.9 Å². The van der Waals surface area contributed by atoms with Crippen molar-refractivity contribution < 1.29 is 9.21 Å². The smallest absolute Gasteiger partial charge is 0.284 e. The number of hydrogen-bond acceptors (Lipinski definition) is 7. The van der Waals surface area contributed by atoms with Crippen LogP contribution in [0, 0.1) is 10.7 Å². The summed E-state index contributed by atoms with van der Waals surface area (Å²) in [5.41, 5.74) is 0.721. The SMILES string of the molecule is CC(=O)Sc1nnc(-c2cccc(SC#N)c2)o1. The van der Waals surface area contributed by atoms with E-state index in [1.54, 1.807) is 18.2 Å². The van der Waals surface area contributed by atoms with Crippen molar-refractivity contribution in [3.63, 3.8) is 0 Å². The van der Waals surface area contributed by atoms with E-state index in [-0.39, 0.29) is 10.3 Å². The largest absolute Gasteiger partial charge is 0.411 e. The van der Waals surface area contributed by atoms with Gasteiger partial charge in [0.15, 0.2) is 5.12 Å². The molecule has 18 heavy (non-hydrogen) atoms. The molecule has 0 saturated carbocycles. The standard InChI is InChI=1S/C11H7N3O2S2/c1-7(15)18-11-14-13-10(16-11)8-3-2-4-9(5-8)17-6-12/h2-5H,1H3. The van der Waals surface area contributed by atoms with Crippen molar-refractivity contribution in [1.29, 1.82) is 5.26 Å². The van der Waals surface area contributed by atoms with Gasteiger partial charge in [-0.25, -0.2) is 0 Å². The molecule has 1 heterocycles. The second-order valence-corrected chi connectivity index (χ2v) is 5.17. The fraction of sp³-hybridized carbons (Fsp3) is 0.0909. The molecule has 0 amide bonds. The Bertz CT molecular complexity index is 619. The van der Waals surface area contributed by atoms with Gasteiger partial charge >= 0.3 is 0 Å². The molecule has 0 aliphatic heterocycles. The van der Waals surface area contributed by atoms with Crippen LogP contribution in [0.2, 0.25) is 0 Å². The van der Waals surface area contributed by atoms with Gasteiger partial charge in [-0.2, -0.15) is 5.26 Å². The van der Waals surface area contributed by atoms with Crippen LogP contribution in [0.5, 0.6) is 0 Å². The molecular weight excluding hydrogens is 270 g/mol. The van der Waals surface area contributed by atoms with E-state index in [0.717, 1.165) is 34.0 Å². The van der Waals surface area contributed by atoms with Crippen molar-refractivity contribution in [3.05, 3.63) is 24.3 Å². The number of nitrogens with zero attached hydrogens (tertiary/aromatic N) is 3. The van der Waals surface area contributed by atoms with Crippen molar-refractivity contribution in [2.24, 2.45) is 0 Å². The highest BCUT2D eigenvalue weighted by Gasteiger charge is 2.11. The van der Waals surface area contributed by atoms with E-state index in [4.69, 9.17) is 9.68 Å². The van der Waals surface area contributed by atoms with Crippen LogP contribution in [0.4, 0.5) is 0 Å². The molecule has 2 rings (SSSR count). The average Bonchev–Trinajstić information content (AvgIpc) is 2.77. The second-order valence-electron chi connectivity index (χ2n) is 3.19. The van der Waals surface area contributed by atoms with Gasteiger partial charge in [-0.05, 0) is 30.0 Å². The zero-order valence-corrected chi connectivity index (χ0v) is 10.9. The molecule has 0 fully saturated rings. The fourth-order valence-corrected chi connectivity index (χ4v) is 2.12. The molecule has 2 aromatic rings. The molecule has 5 nitrogen and oxygen atoms in total. The Morgan fingerprint density at radius 2 is 2.28 bits per heavy atom. The van der Waals surface area contributed by atoms with Crippen LogP contribution < -0.4 is 0 Å². The quantitative estimate of drug-likeness (QED) is 0.630. The minimum atomic E-state index is -0.112. The van der Waals surface area contributed by atoms with Crippen LogP contribution in [0.15, 0.2) is 38.8 Å². The maximum Gasteiger partial charge on any atom is 0.284 e. The zero-order valence-electron chi connectivity index (χ0n) is 9.28. The topological polar surface area (TPSA) is 79.8 Å². The summed E-state index contributed by atoms with van der Waals surface area (Å²) < 4.78 is 5.34. The third-order valence-corrected chi connectivity index (χ3v) is 3.09.